The van der Waals surface area contributed by atoms with Crippen LogP contribution in [0.1, 0.15) is 61.9 Å². The maximum atomic E-state index is 6.11. The second kappa shape index (κ2) is 8.81. The van der Waals surface area contributed by atoms with Crippen LogP contribution in [0.15, 0.2) is 30.6 Å². The summed E-state index contributed by atoms with van der Waals surface area (Å²) in [4.78, 5) is 6.93. The van der Waals surface area contributed by atoms with Crippen molar-refractivity contribution >= 4 is 0 Å². The molecule has 3 heterocycles. The quantitative estimate of drug-likeness (QED) is 0.697. The van der Waals surface area contributed by atoms with E-state index in [9.17, 15) is 0 Å². The molecule has 3 aliphatic rings. The van der Waals surface area contributed by atoms with Gasteiger partial charge in [0.15, 0.2) is 0 Å². The van der Waals surface area contributed by atoms with Crippen LogP contribution in [0.4, 0.5) is 0 Å². The van der Waals surface area contributed by atoms with Crippen molar-refractivity contribution in [2.24, 2.45) is 5.92 Å². The Kier molecular flexibility index (Phi) is 5.78. The molecule has 0 bridgehead atoms. The van der Waals surface area contributed by atoms with Crippen LogP contribution in [0.5, 0.6) is 5.75 Å². The number of aromatic nitrogens is 3. The fraction of sp³-hybridized carbons (Fsp3) is 0.636. The van der Waals surface area contributed by atoms with Crippen molar-refractivity contribution < 1.29 is 4.74 Å². The van der Waals surface area contributed by atoms with Crippen LogP contribution in [0.25, 0.3) is 0 Å². The number of aromatic amines is 1. The van der Waals surface area contributed by atoms with Crippen LogP contribution in [-0.4, -0.2) is 52.4 Å². The zero-order valence-corrected chi connectivity index (χ0v) is 17.0. The molecule has 0 amide bonds. The highest BCUT2D eigenvalue weighted by atomic mass is 16.5. The van der Waals surface area contributed by atoms with Gasteiger partial charge in [0, 0.05) is 18.5 Å². The highest BCUT2D eigenvalue weighted by Crippen LogP contribution is 2.43. The van der Waals surface area contributed by atoms with Crippen LogP contribution < -0.4 is 15.6 Å². The van der Waals surface area contributed by atoms with Gasteiger partial charge in [-0.25, -0.2) is 10.4 Å². The molecule has 4 unspecified atom stereocenters. The van der Waals surface area contributed by atoms with Crippen LogP contribution in [0.3, 0.4) is 0 Å². The number of rotatable bonds is 6. The summed E-state index contributed by atoms with van der Waals surface area (Å²) in [6.45, 7) is 4.23. The van der Waals surface area contributed by atoms with Crippen molar-refractivity contribution in [1.29, 1.82) is 0 Å². The topological polar surface area (TPSA) is 78.1 Å². The van der Waals surface area contributed by atoms with Crippen molar-refractivity contribution in [3.8, 4) is 5.75 Å². The molecule has 0 radical (unpaired) electrons. The number of hydrogen-bond donors (Lipinski definition) is 3. The first-order valence-electron chi connectivity index (χ1n) is 11.2. The minimum atomic E-state index is 0.302. The molecule has 1 saturated carbocycles. The number of ether oxygens (including phenoxy) is 1. The molecular weight excluding hydrogens is 364 g/mol. The van der Waals surface area contributed by atoms with Gasteiger partial charge in [0.1, 0.15) is 24.5 Å². The zero-order chi connectivity index (χ0) is 19.5. The Balaban J connectivity index is 1.21. The summed E-state index contributed by atoms with van der Waals surface area (Å²) in [5.74, 6) is 3.02. The summed E-state index contributed by atoms with van der Waals surface area (Å²) >= 11 is 0. The maximum Gasteiger partial charge on any atom is 0.137 e. The van der Waals surface area contributed by atoms with Gasteiger partial charge in [0.25, 0.3) is 0 Å². The minimum absolute atomic E-state index is 0.302. The Hall–Kier alpha value is -1.96. The van der Waals surface area contributed by atoms with E-state index in [1.54, 1.807) is 6.33 Å². The number of H-pyrrole nitrogens is 1. The second-order valence-corrected chi connectivity index (χ2v) is 8.74. The van der Waals surface area contributed by atoms with Gasteiger partial charge in [0.2, 0.25) is 0 Å². The monoisotopic (exact) mass is 396 g/mol. The van der Waals surface area contributed by atoms with Crippen molar-refractivity contribution in [2.75, 3.05) is 26.2 Å². The molecule has 4 atom stereocenters. The molecular formula is C22H32N6O. The number of hydrogen-bond acceptors (Lipinski definition) is 6. The first-order chi connectivity index (χ1) is 14.4. The molecule has 2 aromatic rings. The molecule has 2 aliphatic heterocycles. The molecule has 29 heavy (non-hydrogen) atoms. The number of benzene rings is 1. The van der Waals surface area contributed by atoms with Crippen molar-refractivity contribution in [3.05, 3.63) is 42.0 Å². The molecule has 1 aliphatic carbocycles. The van der Waals surface area contributed by atoms with Gasteiger partial charge >= 0.3 is 0 Å². The van der Waals surface area contributed by atoms with E-state index < -0.39 is 0 Å². The van der Waals surface area contributed by atoms with Crippen LogP contribution in [0, 0.1) is 5.92 Å². The van der Waals surface area contributed by atoms with E-state index in [1.807, 2.05) is 0 Å². The SMILES string of the molecule is c1cc(OCCN2CCCCC2)cc(C2NNC3CCC(c4ncn[nH]4)CC32)c1. The molecule has 5 rings (SSSR count). The van der Waals surface area contributed by atoms with E-state index >= 15 is 0 Å². The first kappa shape index (κ1) is 19.0. The van der Waals surface area contributed by atoms with Gasteiger partial charge in [-0.3, -0.25) is 15.4 Å². The van der Waals surface area contributed by atoms with E-state index in [0.717, 1.165) is 44.0 Å². The van der Waals surface area contributed by atoms with Crippen LogP contribution >= 0.6 is 0 Å². The molecule has 3 N–H and O–H groups in total. The number of nitrogens with zero attached hydrogens (tertiary/aromatic N) is 3. The minimum Gasteiger partial charge on any atom is -0.492 e. The fourth-order valence-corrected chi connectivity index (χ4v) is 5.32. The van der Waals surface area contributed by atoms with Gasteiger partial charge in [-0.2, -0.15) is 5.10 Å². The van der Waals surface area contributed by atoms with Crippen molar-refractivity contribution in [2.45, 2.75) is 56.5 Å². The summed E-state index contributed by atoms with van der Waals surface area (Å²) in [6, 6.07) is 9.46. The Labute approximate surface area is 172 Å². The highest BCUT2D eigenvalue weighted by Gasteiger charge is 2.42. The third-order valence-electron chi connectivity index (χ3n) is 6.91. The number of nitrogens with one attached hydrogen (secondary N) is 3. The average Bonchev–Trinajstić information content (AvgIpc) is 3.44. The van der Waals surface area contributed by atoms with E-state index in [2.05, 4.69) is 55.2 Å². The van der Waals surface area contributed by atoms with Crippen molar-refractivity contribution in [1.82, 2.24) is 30.9 Å². The molecule has 1 aromatic carbocycles. The van der Waals surface area contributed by atoms with Crippen molar-refractivity contribution in [3.63, 3.8) is 0 Å². The predicted molar refractivity (Wildman–Crippen MR) is 111 cm³/mol. The molecule has 7 heteroatoms. The lowest BCUT2D eigenvalue weighted by Gasteiger charge is -2.32. The largest absolute Gasteiger partial charge is 0.492 e. The Morgan fingerprint density at radius 3 is 2.90 bits per heavy atom. The number of hydrazine groups is 1. The fourth-order valence-electron chi connectivity index (χ4n) is 5.32. The van der Waals surface area contributed by atoms with E-state index in [-0.39, 0.29) is 0 Å². The average molecular weight is 397 g/mol. The van der Waals surface area contributed by atoms with Gasteiger partial charge < -0.3 is 4.74 Å². The van der Waals surface area contributed by atoms with Gasteiger partial charge in [-0.05, 0) is 68.8 Å². The van der Waals surface area contributed by atoms with E-state index in [4.69, 9.17) is 4.74 Å². The lowest BCUT2D eigenvalue weighted by atomic mass is 9.74. The highest BCUT2D eigenvalue weighted by molar-refractivity contribution is 5.32. The standard InChI is InChI=1S/C22H32N6O/c1-2-9-28(10-3-1)11-12-29-18-6-4-5-16(13-18)21-19-14-17(22-23-15-24-27-22)7-8-20(19)25-26-21/h4-6,13,15,17,19-21,25-26H,1-3,7-12,14H2,(H,23,24,27). The first-order valence-corrected chi connectivity index (χ1v) is 11.2. The summed E-state index contributed by atoms with van der Waals surface area (Å²) in [7, 11) is 0. The van der Waals surface area contributed by atoms with Gasteiger partial charge in [-0.15, -0.1) is 0 Å². The molecule has 0 spiro atoms. The van der Waals surface area contributed by atoms with Crippen LogP contribution in [0.2, 0.25) is 0 Å². The summed E-state index contributed by atoms with van der Waals surface area (Å²) in [6.07, 6.45) is 9.07. The lowest BCUT2D eigenvalue weighted by molar-refractivity contribution is 0.183. The molecule has 156 valence electrons. The summed E-state index contributed by atoms with van der Waals surface area (Å²) in [5.41, 5.74) is 8.39. The van der Waals surface area contributed by atoms with E-state index in [0.29, 0.717) is 23.9 Å². The summed E-state index contributed by atoms with van der Waals surface area (Å²) in [5, 5.41) is 7.12. The summed E-state index contributed by atoms with van der Waals surface area (Å²) < 4.78 is 6.11. The molecule has 3 fully saturated rings. The Bertz CT molecular complexity index is 775. The normalized spacial score (nSPS) is 30.2. The molecule has 7 nitrogen and oxygen atoms in total. The molecule has 1 aromatic heterocycles. The number of fused-ring (bicyclic) bond motifs is 1. The third kappa shape index (κ3) is 4.32. The van der Waals surface area contributed by atoms with Gasteiger partial charge in [-0.1, -0.05) is 18.6 Å². The van der Waals surface area contributed by atoms with Crippen LogP contribution in [-0.2, 0) is 0 Å². The number of likely N-dealkylation sites (tertiary alicyclic amines) is 1. The molecule has 2 saturated heterocycles. The Morgan fingerprint density at radius 1 is 1.10 bits per heavy atom. The third-order valence-corrected chi connectivity index (χ3v) is 6.91. The smallest absolute Gasteiger partial charge is 0.137 e. The van der Waals surface area contributed by atoms with E-state index in [1.165, 1.54) is 37.9 Å². The lowest BCUT2D eigenvalue weighted by Crippen LogP contribution is -2.34. The number of piperidine rings is 1. The zero-order valence-electron chi connectivity index (χ0n) is 17.0. The van der Waals surface area contributed by atoms with Gasteiger partial charge in [0.05, 0.1) is 6.04 Å². The maximum absolute atomic E-state index is 6.11. The Morgan fingerprint density at radius 2 is 2.03 bits per heavy atom. The second-order valence-electron chi connectivity index (χ2n) is 8.74. The predicted octanol–water partition coefficient (Wildman–Crippen LogP) is 2.77.